The van der Waals surface area contributed by atoms with E-state index in [-0.39, 0.29) is 23.8 Å². The van der Waals surface area contributed by atoms with Crippen molar-refractivity contribution in [2.45, 2.75) is 50.0 Å². The molecule has 1 unspecified atom stereocenters. The molecule has 0 fully saturated rings. The van der Waals surface area contributed by atoms with Gasteiger partial charge in [0.25, 0.3) is 0 Å². The Morgan fingerprint density at radius 2 is 1.77 bits per heavy atom. The van der Waals surface area contributed by atoms with Crippen molar-refractivity contribution in [1.29, 1.82) is 0 Å². The van der Waals surface area contributed by atoms with Crippen LogP contribution in [0.25, 0.3) is 0 Å². The van der Waals surface area contributed by atoms with Crippen LogP contribution in [0.4, 0.5) is 8.78 Å². The number of sulfonamides is 1. The van der Waals surface area contributed by atoms with Gasteiger partial charge >= 0.3 is 0 Å². The molecule has 0 bridgehead atoms. The molecule has 3 rings (SSSR count). The zero-order valence-corrected chi connectivity index (χ0v) is 17.9. The number of nitrogens with one attached hydrogen (secondary N) is 1. The van der Waals surface area contributed by atoms with Crippen molar-refractivity contribution in [3.63, 3.8) is 0 Å². The fourth-order valence-electron chi connectivity index (χ4n) is 3.64. The van der Waals surface area contributed by atoms with E-state index in [0.29, 0.717) is 5.56 Å². The van der Waals surface area contributed by atoms with Crippen LogP contribution in [-0.2, 0) is 27.7 Å². The predicted molar refractivity (Wildman–Crippen MR) is 110 cm³/mol. The molecule has 0 spiro atoms. The summed E-state index contributed by atoms with van der Waals surface area (Å²) in [6, 6.07) is 8.21. The van der Waals surface area contributed by atoms with E-state index in [4.69, 9.17) is 0 Å². The lowest BCUT2D eigenvalue weighted by Crippen LogP contribution is -2.33. The first-order valence-corrected chi connectivity index (χ1v) is 11.5. The Morgan fingerprint density at radius 3 is 2.47 bits per heavy atom. The molecule has 1 N–H and O–H groups in total. The molecule has 0 aliphatic heterocycles. The van der Waals surface area contributed by atoms with E-state index in [1.165, 1.54) is 16.5 Å². The highest BCUT2D eigenvalue weighted by Gasteiger charge is 2.21. The molecule has 162 valence electrons. The minimum Gasteiger partial charge on any atom is -0.339 e. The van der Waals surface area contributed by atoms with Gasteiger partial charge in [0.1, 0.15) is 0 Å². The van der Waals surface area contributed by atoms with Gasteiger partial charge in [-0.2, -0.15) is 0 Å². The number of rotatable bonds is 7. The minimum absolute atomic E-state index is 0.0469. The van der Waals surface area contributed by atoms with E-state index in [9.17, 15) is 22.0 Å². The molecule has 0 radical (unpaired) electrons. The van der Waals surface area contributed by atoms with Crippen molar-refractivity contribution in [2.75, 3.05) is 13.6 Å². The van der Waals surface area contributed by atoms with Gasteiger partial charge in [-0.25, -0.2) is 21.9 Å². The maximum atomic E-state index is 13.4. The first-order valence-electron chi connectivity index (χ1n) is 10.0. The van der Waals surface area contributed by atoms with Crippen molar-refractivity contribution >= 4 is 15.9 Å². The summed E-state index contributed by atoms with van der Waals surface area (Å²) in [5.74, 6) is -2.23. The first-order chi connectivity index (χ1) is 14.2. The number of aryl methyl sites for hydroxylation is 2. The molecule has 0 aromatic heterocycles. The van der Waals surface area contributed by atoms with Crippen LogP contribution in [0.2, 0.25) is 0 Å². The Hall–Kier alpha value is -2.32. The van der Waals surface area contributed by atoms with Crippen LogP contribution in [-0.4, -0.2) is 32.8 Å². The van der Waals surface area contributed by atoms with Gasteiger partial charge in [-0.15, -0.1) is 0 Å². The molecule has 1 aliphatic carbocycles. The number of amides is 1. The Morgan fingerprint density at radius 1 is 1.07 bits per heavy atom. The van der Waals surface area contributed by atoms with E-state index < -0.39 is 27.7 Å². The van der Waals surface area contributed by atoms with Gasteiger partial charge in [0.05, 0.1) is 10.9 Å². The standard InChI is InChI=1S/C22H26F2N2O3S/c1-15(17-8-10-20(23)21(24)14-17)26(2)22(27)11-12-25-30(28,29)19-9-7-16-5-3-4-6-18(16)13-19/h7-10,13-15,25H,3-6,11-12H2,1-2H3. The zero-order valence-electron chi connectivity index (χ0n) is 17.1. The lowest BCUT2D eigenvalue weighted by Gasteiger charge is -2.25. The van der Waals surface area contributed by atoms with Crippen LogP contribution in [0, 0.1) is 11.6 Å². The van der Waals surface area contributed by atoms with E-state index in [1.807, 2.05) is 6.07 Å². The fraction of sp³-hybridized carbons (Fsp3) is 0.409. The van der Waals surface area contributed by atoms with Crippen LogP contribution in [0.1, 0.15) is 48.9 Å². The summed E-state index contributed by atoms with van der Waals surface area (Å²) >= 11 is 0. The highest BCUT2D eigenvalue weighted by Crippen LogP contribution is 2.24. The fourth-order valence-corrected chi connectivity index (χ4v) is 4.72. The van der Waals surface area contributed by atoms with Crippen LogP contribution in [0.5, 0.6) is 0 Å². The summed E-state index contributed by atoms with van der Waals surface area (Å²) in [4.78, 5) is 14.0. The lowest BCUT2D eigenvalue weighted by atomic mass is 9.92. The molecule has 8 heteroatoms. The van der Waals surface area contributed by atoms with Crippen LogP contribution >= 0.6 is 0 Å². The molecule has 0 heterocycles. The molecule has 1 aliphatic rings. The van der Waals surface area contributed by atoms with E-state index in [0.717, 1.165) is 43.4 Å². The zero-order chi connectivity index (χ0) is 21.9. The summed E-state index contributed by atoms with van der Waals surface area (Å²) in [5, 5.41) is 0. The normalized spacial score (nSPS) is 14.8. The van der Waals surface area contributed by atoms with Gasteiger partial charge in [0, 0.05) is 20.0 Å². The maximum Gasteiger partial charge on any atom is 0.240 e. The average Bonchev–Trinajstić information content (AvgIpc) is 2.74. The molecule has 0 saturated carbocycles. The van der Waals surface area contributed by atoms with Crippen molar-refractivity contribution in [3.8, 4) is 0 Å². The topological polar surface area (TPSA) is 66.5 Å². The Kier molecular flexibility index (Phi) is 6.88. The molecular weight excluding hydrogens is 410 g/mol. The van der Waals surface area contributed by atoms with Gasteiger partial charge < -0.3 is 4.90 Å². The SMILES string of the molecule is CC(c1ccc(F)c(F)c1)N(C)C(=O)CCNS(=O)(=O)c1ccc2c(c1)CCCC2. The number of carbonyl (C=O) groups is 1. The van der Waals surface area contributed by atoms with E-state index in [1.54, 1.807) is 26.1 Å². The summed E-state index contributed by atoms with van der Waals surface area (Å²) in [6.45, 7) is 1.65. The number of fused-ring (bicyclic) bond motifs is 1. The Labute approximate surface area is 176 Å². The summed E-state index contributed by atoms with van der Waals surface area (Å²) < 4.78 is 54.2. The quantitative estimate of drug-likeness (QED) is 0.719. The number of halogens is 2. The molecular formula is C22H26F2N2O3S. The number of carbonyl (C=O) groups excluding carboxylic acids is 1. The van der Waals surface area contributed by atoms with Gasteiger partial charge in [0.2, 0.25) is 15.9 Å². The third kappa shape index (κ3) is 5.05. The highest BCUT2D eigenvalue weighted by atomic mass is 32.2. The number of benzene rings is 2. The average molecular weight is 437 g/mol. The van der Waals surface area contributed by atoms with Gasteiger partial charge in [-0.1, -0.05) is 12.1 Å². The minimum atomic E-state index is -3.71. The van der Waals surface area contributed by atoms with Gasteiger partial charge in [-0.3, -0.25) is 4.79 Å². The number of hydrogen-bond donors (Lipinski definition) is 1. The lowest BCUT2D eigenvalue weighted by molar-refractivity contribution is -0.131. The Bertz CT molecular complexity index is 1040. The molecule has 2 aromatic carbocycles. The monoisotopic (exact) mass is 436 g/mol. The second kappa shape index (κ2) is 9.22. The van der Waals surface area contributed by atoms with Crippen molar-refractivity contribution in [2.24, 2.45) is 0 Å². The summed E-state index contributed by atoms with van der Waals surface area (Å²) in [5.41, 5.74) is 2.72. The van der Waals surface area contributed by atoms with E-state index in [2.05, 4.69) is 4.72 Å². The first kappa shape index (κ1) is 22.4. The summed E-state index contributed by atoms with van der Waals surface area (Å²) in [7, 11) is -2.16. The van der Waals surface area contributed by atoms with Crippen LogP contribution < -0.4 is 4.72 Å². The predicted octanol–water partition coefficient (Wildman–Crippen LogP) is 3.73. The van der Waals surface area contributed by atoms with Crippen molar-refractivity contribution < 1.29 is 22.0 Å². The number of nitrogens with zero attached hydrogens (tertiary/aromatic N) is 1. The third-order valence-corrected chi connectivity index (χ3v) is 7.12. The Balaban J connectivity index is 1.58. The van der Waals surface area contributed by atoms with Crippen LogP contribution in [0.3, 0.4) is 0 Å². The molecule has 2 aromatic rings. The van der Waals surface area contributed by atoms with Crippen molar-refractivity contribution in [3.05, 3.63) is 64.7 Å². The second-order valence-electron chi connectivity index (χ2n) is 7.64. The van der Waals surface area contributed by atoms with Crippen molar-refractivity contribution in [1.82, 2.24) is 9.62 Å². The maximum absolute atomic E-state index is 13.4. The van der Waals surface area contributed by atoms with Crippen LogP contribution in [0.15, 0.2) is 41.3 Å². The highest BCUT2D eigenvalue weighted by molar-refractivity contribution is 7.89. The number of hydrogen-bond acceptors (Lipinski definition) is 3. The molecule has 30 heavy (non-hydrogen) atoms. The largest absolute Gasteiger partial charge is 0.339 e. The molecule has 1 atom stereocenters. The smallest absolute Gasteiger partial charge is 0.240 e. The molecule has 5 nitrogen and oxygen atoms in total. The van der Waals surface area contributed by atoms with Gasteiger partial charge in [-0.05, 0) is 73.6 Å². The molecule has 1 amide bonds. The third-order valence-electron chi connectivity index (χ3n) is 5.66. The van der Waals surface area contributed by atoms with Gasteiger partial charge in [0.15, 0.2) is 11.6 Å². The summed E-state index contributed by atoms with van der Waals surface area (Å²) in [6.07, 6.45) is 3.98. The molecule has 0 saturated heterocycles. The second-order valence-corrected chi connectivity index (χ2v) is 9.41. The van der Waals surface area contributed by atoms with E-state index >= 15 is 0 Å².